The molecule has 41 heavy (non-hydrogen) atoms. The van der Waals surface area contributed by atoms with Crippen LogP contribution in [0.25, 0.3) is 5.57 Å². The lowest BCUT2D eigenvalue weighted by Crippen LogP contribution is -2.65. The molecule has 6 rings (SSSR count). The number of hydrogen-bond donors (Lipinski definition) is 1. The fourth-order valence-corrected chi connectivity index (χ4v) is 12.7. The summed E-state index contributed by atoms with van der Waals surface area (Å²) < 4.78 is 0. The quantitative estimate of drug-likeness (QED) is 0.376. The first-order valence-electron chi connectivity index (χ1n) is 16.3. The van der Waals surface area contributed by atoms with E-state index in [1.807, 2.05) is 19.1 Å². The van der Waals surface area contributed by atoms with Crippen molar-refractivity contribution in [2.45, 2.75) is 106 Å². The van der Waals surface area contributed by atoms with Gasteiger partial charge in [0.1, 0.15) is 5.78 Å². The Morgan fingerprint density at radius 1 is 0.878 bits per heavy atom. The van der Waals surface area contributed by atoms with E-state index in [-0.39, 0.29) is 27.1 Å². The van der Waals surface area contributed by atoms with Crippen molar-refractivity contribution in [3.63, 3.8) is 0 Å². The molecule has 222 valence electrons. The number of carbonyl (C=O) groups is 2. The molecule has 5 aliphatic rings. The van der Waals surface area contributed by atoms with E-state index in [0.717, 1.165) is 31.2 Å². The molecule has 0 unspecified atom stereocenters. The maximum atomic E-state index is 13.4. The molecule has 0 radical (unpaired) electrons. The lowest BCUT2D eigenvalue weighted by molar-refractivity contribution is -0.224. The second-order valence-corrected chi connectivity index (χ2v) is 16.3. The van der Waals surface area contributed by atoms with Gasteiger partial charge in [0.25, 0.3) is 0 Å². The van der Waals surface area contributed by atoms with Gasteiger partial charge in [0.05, 0.1) is 5.56 Å². The van der Waals surface area contributed by atoms with Crippen molar-refractivity contribution in [2.75, 3.05) is 0 Å². The van der Waals surface area contributed by atoms with Crippen LogP contribution in [0.2, 0.25) is 0 Å². The Hall–Kier alpha value is -2.16. The van der Waals surface area contributed by atoms with E-state index in [1.165, 1.54) is 43.3 Å². The molecule has 9 atom stereocenters. The molecule has 0 heterocycles. The van der Waals surface area contributed by atoms with Crippen molar-refractivity contribution in [2.24, 2.45) is 56.7 Å². The Morgan fingerprint density at radius 3 is 2.27 bits per heavy atom. The molecule has 1 aromatic rings. The van der Waals surface area contributed by atoms with Gasteiger partial charge in [-0.1, -0.05) is 65.0 Å². The summed E-state index contributed by atoms with van der Waals surface area (Å²) in [5.74, 6) is 2.30. The Kier molecular flexibility index (Phi) is 6.47. The van der Waals surface area contributed by atoms with Crippen LogP contribution in [-0.2, 0) is 4.79 Å². The average molecular weight is 557 g/mol. The Balaban J connectivity index is 1.39. The molecule has 0 saturated heterocycles. The van der Waals surface area contributed by atoms with Gasteiger partial charge in [0, 0.05) is 5.41 Å². The van der Waals surface area contributed by atoms with Gasteiger partial charge in [-0.2, -0.15) is 0 Å². The molecule has 5 aliphatic carbocycles. The first kappa shape index (κ1) is 28.9. The maximum absolute atomic E-state index is 13.4. The van der Waals surface area contributed by atoms with Crippen LogP contribution in [0.4, 0.5) is 0 Å². The Morgan fingerprint density at radius 2 is 1.61 bits per heavy atom. The van der Waals surface area contributed by atoms with Crippen molar-refractivity contribution < 1.29 is 14.7 Å². The number of Topliss-reactive ketones (excluding diaryl/α,β-unsaturated/α-hetero) is 1. The SMILES string of the molecule is C=C(C)[C@@H]1CC[C@]2(C(C)=O)CC[C@]3(C)[C@H](CC[C@@H]4[C@@]5(C)CC=C(c6cccc(C(=O)O)c6)C(C)(C)[C@@H]5CC[C@]43C)[C@@H]12. The number of fused-ring (bicyclic) bond motifs is 7. The summed E-state index contributed by atoms with van der Waals surface area (Å²) in [7, 11) is 0. The van der Waals surface area contributed by atoms with E-state index in [0.29, 0.717) is 40.9 Å². The van der Waals surface area contributed by atoms with E-state index >= 15 is 0 Å². The van der Waals surface area contributed by atoms with Crippen molar-refractivity contribution >= 4 is 17.3 Å². The van der Waals surface area contributed by atoms with Gasteiger partial charge < -0.3 is 5.11 Å². The lowest BCUT2D eigenvalue weighted by atomic mass is 9.32. The predicted molar refractivity (Wildman–Crippen MR) is 166 cm³/mol. The molecule has 0 bridgehead atoms. The lowest BCUT2D eigenvalue weighted by Gasteiger charge is -2.72. The number of carbonyl (C=O) groups excluding carboxylic acids is 1. The first-order chi connectivity index (χ1) is 19.1. The monoisotopic (exact) mass is 556 g/mol. The minimum atomic E-state index is -0.859. The summed E-state index contributed by atoms with van der Waals surface area (Å²) in [6.07, 6.45) is 12.9. The zero-order valence-electron chi connectivity index (χ0n) is 26.6. The third-order valence-corrected chi connectivity index (χ3v) is 14.8. The number of rotatable bonds is 4. The van der Waals surface area contributed by atoms with Crippen LogP contribution in [0.3, 0.4) is 0 Å². The number of aromatic carboxylic acids is 1. The molecule has 1 N–H and O–H groups in total. The minimum absolute atomic E-state index is 0.0317. The van der Waals surface area contributed by atoms with Gasteiger partial charge in [-0.25, -0.2) is 4.79 Å². The molecule has 3 nitrogen and oxygen atoms in total. The number of allylic oxidation sites excluding steroid dienone is 3. The highest BCUT2D eigenvalue weighted by atomic mass is 16.4. The van der Waals surface area contributed by atoms with Crippen molar-refractivity contribution in [1.82, 2.24) is 0 Å². The van der Waals surface area contributed by atoms with E-state index in [2.05, 4.69) is 60.3 Å². The maximum Gasteiger partial charge on any atom is 0.335 e. The van der Waals surface area contributed by atoms with Gasteiger partial charge in [-0.15, -0.1) is 0 Å². The highest BCUT2D eigenvalue weighted by molar-refractivity contribution is 5.89. The second kappa shape index (κ2) is 9.17. The molecule has 0 amide bonds. The number of ketones is 1. The summed E-state index contributed by atoms with van der Waals surface area (Å²) in [6, 6.07) is 7.58. The molecule has 0 spiro atoms. The van der Waals surface area contributed by atoms with Gasteiger partial charge >= 0.3 is 5.97 Å². The van der Waals surface area contributed by atoms with Crippen molar-refractivity contribution in [3.05, 3.63) is 53.6 Å². The summed E-state index contributed by atoms with van der Waals surface area (Å²) >= 11 is 0. The summed E-state index contributed by atoms with van der Waals surface area (Å²) in [6.45, 7) is 21.3. The van der Waals surface area contributed by atoms with Crippen LogP contribution in [0.1, 0.15) is 122 Å². The molecular formula is C38H52O3. The average Bonchev–Trinajstić information content (AvgIpc) is 3.30. The fraction of sp³-hybridized carbons (Fsp3) is 0.684. The molecule has 4 fully saturated rings. The smallest absolute Gasteiger partial charge is 0.335 e. The third-order valence-electron chi connectivity index (χ3n) is 14.8. The number of hydrogen-bond acceptors (Lipinski definition) is 2. The van der Waals surface area contributed by atoms with Gasteiger partial charge in [0.15, 0.2) is 0 Å². The molecule has 3 heteroatoms. The Bertz CT molecular complexity index is 1330. The van der Waals surface area contributed by atoms with Crippen LogP contribution in [0.5, 0.6) is 0 Å². The largest absolute Gasteiger partial charge is 0.478 e. The van der Waals surface area contributed by atoms with Crippen molar-refractivity contribution in [3.8, 4) is 0 Å². The predicted octanol–water partition coefficient (Wildman–Crippen LogP) is 9.62. The topological polar surface area (TPSA) is 54.4 Å². The van der Waals surface area contributed by atoms with Crippen LogP contribution in [0.15, 0.2) is 42.5 Å². The van der Waals surface area contributed by atoms with Crippen molar-refractivity contribution in [1.29, 1.82) is 0 Å². The van der Waals surface area contributed by atoms with E-state index < -0.39 is 5.97 Å². The van der Waals surface area contributed by atoms with Gasteiger partial charge in [-0.05, 0) is 146 Å². The van der Waals surface area contributed by atoms with Crippen LogP contribution >= 0.6 is 0 Å². The van der Waals surface area contributed by atoms with Crippen LogP contribution in [0, 0.1) is 56.7 Å². The zero-order chi connectivity index (χ0) is 29.8. The minimum Gasteiger partial charge on any atom is -0.478 e. The van der Waals surface area contributed by atoms with E-state index in [4.69, 9.17) is 0 Å². The molecule has 4 saturated carbocycles. The molecular weight excluding hydrogens is 504 g/mol. The van der Waals surface area contributed by atoms with E-state index in [1.54, 1.807) is 6.07 Å². The highest BCUT2D eigenvalue weighted by Gasteiger charge is 2.71. The van der Waals surface area contributed by atoms with E-state index in [9.17, 15) is 14.7 Å². The normalized spacial score (nSPS) is 44.5. The van der Waals surface area contributed by atoms with Gasteiger partial charge in [0.2, 0.25) is 0 Å². The molecule has 0 aromatic heterocycles. The molecule has 1 aromatic carbocycles. The summed E-state index contributed by atoms with van der Waals surface area (Å²) in [4.78, 5) is 25.1. The second-order valence-electron chi connectivity index (χ2n) is 16.3. The first-order valence-corrected chi connectivity index (χ1v) is 16.3. The Labute approximate surface area is 248 Å². The standard InChI is InChI=1S/C38H52O3/c1-23(2)27-14-19-38(24(3)39)21-20-36(7)29(32(27)38)12-13-31-35(6)17-15-28(25-10-9-11-26(22-25)33(40)41)34(4,5)30(35)16-18-37(31,36)8/h9-11,15,22,27,29-32H,1,12-14,16-21H2,2-8H3,(H,40,41)/t27-,29+,30-,31+,32+,35-,36+,37+,38+/m0/s1. The number of benzene rings is 1. The summed E-state index contributed by atoms with van der Waals surface area (Å²) in [5, 5.41) is 9.65. The highest BCUT2D eigenvalue weighted by Crippen LogP contribution is 2.77. The zero-order valence-corrected chi connectivity index (χ0v) is 26.6. The number of carboxylic acid groups (broad SMARTS) is 1. The number of carboxylic acids is 1. The molecule has 0 aliphatic heterocycles. The van der Waals surface area contributed by atoms with Crippen LogP contribution in [-0.4, -0.2) is 16.9 Å². The summed E-state index contributed by atoms with van der Waals surface area (Å²) in [5.41, 5.74) is 4.58. The van der Waals surface area contributed by atoms with Crippen LogP contribution < -0.4 is 0 Å². The van der Waals surface area contributed by atoms with Gasteiger partial charge in [-0.3, -0.25) is 4.79 Å². The fourth-order valence-electron chi connectivity index (χ4n) is 12.7. The third kappa shape index (κ3) is 3.69.